The number of hydrogen-bond donors (Lipinski definition) is 0. The summed E-state index contributed by atoms with van der Waals surface area (Å²) in [5, 5.41) is 0.493. The van der Waals surface area contributed by atoms with Gasteiger partial charge < -0.3 is 4.90 Å². The van der Waals surface area contributed by atoms with Crippen LogP contribution in [0.3, 0.4) is 0 Å². The van der Waals surface area contributed by atoms with Crippen molar-refractivity contribution < 1.29 is 13.2 Å². The average molecular weight is 371 g/mol. The Morgan fingerprint density at radius 1 is 0.958 bits per heavy atom. The molecule has 0 N–H and O–H groups in total. The van der Waals surface area contributed by atoms with E-state index in [1.807, 2.05) is 4.90 Å². The smallest absolute Gasteiger partial charge is 0.243 e. The molecule has 0 radical (unpaired) electrons. The van der Waals surface area contributed by atoms with Crippen molar-refractivity contribution in [1.82, 2.24) is 9.21 Å². The van der Waals surface area contributed by atoms with E-state index in [0.717, 1.165) is 45.2 Å². The maximum Gasteiger partial charge on any atom is 0.243 e. The van der Waals surface area contributed by atoms with Crippen LogP contribution >= 0.6 is 11.6 Å². The molecule has 0 aliphatic carbocycles. The van der Waals surface area contributed by atoms with Crippen LogP contribution in [0.1, 0.15) is 38.5 Å². The summed E-state index contributed by atoms with van der Waals surface area (Å²) in [6, 6.07) is 5.57. The van der Waals surface area contributed by atoms with Crippen LogP contribution in [0, 0.1) is 0 Å². The molecule has 7 heteroatoms. The minimum Gasteiger partial charge on any atom is -0.341 e. The van der Waals surface area contributed by atoms with Gasteiger partial charge in [-0.3, -0.25) is 4.79 Å². The van der Waals surface area contributed by atoms with E-state index in [1.54, 1.807) is 12.1 Å². The van der Waals surface area contributed by atoms with Crippen molar-refractivity contribution in [1.29, 1.82) is 0 Å². The second kappa shape index (κ2) is 7.42. The molecule has 5 nitrogen and oxygen atoms in total. The summed E-state index contributed by atoms with van der Waals surface area (Å²) in [7, 11) is -3.67. The van der Waals surface area contributed by atoms with Crippen molar-refractivity contribution in [2.45, 2.75) is 49.5 Å². The first-order valence-electron chi connectivity index (χ1n) is 8.56. The molecule has 2 fully saturated rings. The van der Waals surface area contributed by atoms with Crippen LogP contribution in [-0.4, -0.2) is 49.2 Å². The number of halogens is 1. The average Bonchev–Trinajstić information content (AvgIpc) is 2.91. The van der Waals surface area contributed by atoms with Crippen LogP contribution in [0.4, 0.5) is 0 Å². The highest BCUT2D eigenvalue weighted by Crippen LogP contribution is 2.28. The van der Waals surface area contributed by atoms with Gasteiger partial charge in [0.2, 0.25) is 15.9 Å². The summed E-state index contributed by atoms with van der Waals surface area (Å²) in [5.74, 6) is -0.0352. The van der Waals surface area contributed by atoms with Crippen LogP contribution in [0.25, 0.3) is 0 Å². The Labute approximate surface area is 148 Å². The Morgan fingerprint density at radius 2 is 1.58 bits per heavy atom. The van der Waals surface area contributed by atoms with Crippen molar-refractivity contribution in [2.75, 3.05) is 19.6 Å². The molecular weight excluding hydrogens is 348 g/mol. The molecule has 1 amide bonds. The summed E-state index contributed by atoms with van der Waals surface area (Å²) in [6.07, 6.45) is 5.60. The predicted octanol–water partition coefficient (Wildman–Crippen LogP) is 2.90. The van der Waals surface area contributed by atoms with E-state index in [9.17, 15) is 13.2 Å². The molecule has 1 atom stereocenters. The zero-order chi connectivity index (χ0) is 17.2. The van der Waals surface area contributed by atoms with Crippen LogP contribution < -0.4 is 0 Å². The molecule has 0 bridgehead atoms. The summed E-state index contributed by atoms with van der Waals surface area (Å²) in [5.41, 5.74) is 0. The Bertz CT molecular complexity index is 682. The van der Waals surface area contributed by atoms with Gasteiger partial charge in [0.15, 0.2) is 0 Å². The molecule has 0 spiro atoms. The number of rotatable bonds is 3. The van der Waals surface area contributed by atoms with Gasteiger partial charge in [0.1, 0.15) is 6.04 Å². The SMILES string of the molecule is O=C([C@@H]1CCCN1S(=O)(=O)c1ccc(Cl)cc1)N1CCCCCC1. The Hall–Kier alpha value is -1.11. The number of likely N-dealkylation sites (tertiary alicyclic amines) is 1. The molecule has 24 heavy (non-hydrogen) atoms. The second-order valence-electron chi connectivity index (χ2n) is 6.47. The van der Waals surface area contributed by atoms with Crippen LogP contribution in [0.15, 0.2) is 29.2 Å². The lowest BCUT2D eigenvalue weighted by Crippen LogP contribution is -2.48. The third-order valence-corrected chi connectivity index (χ3v) is 7.00. The monoisotopic (exact) mass is 370 g/mol. The molecular formula is C17H23ClN2O3S. The largest absolute Gasteiger partial charge is 0.341 e. The van der Waals surface area contributed by atoms with Gasteiger partial charge in [0, 0.05) is 24.7 Å². The van der Waals surface area contributed by atoms with Crippen LogP contribution in [0.5, 0.6) is 0 Å². The maximum atomic E-state index is 12.9. The lowest BCUT2D eigenvalue weighted by atomic mass is 10.2. The maximum absolute atomic E-state index is 12.9. The van der Waals surface area contributed by atoms with Gasteiger partial charge >= 0.3 is 0 Å². The van der Waals surface area contributed by atoms with Gasteiger partial charge in [0.05, 0.1) is 4.90 Å². The van der Waals surface area contributed by atoms with Crippen LogP contribution in [-0.2, 0) is 14.8 Å². The summed E-state index contributed by atoms with van der Waals surface area (Å²) in [6.45, 7) is 1.88. The van der Waals surface area contributed by atoms with Gasteiger partial charge in [-0.1, -0.05) is 24.4 Å². The molecule has 1 aromatic carbocycles. The normalized spacial score (nSPS) is 23.2. The zero-order valence-electron chi connectivity index (χ0n) is 13.7. The topological polar surface area (TPSA) is 57.7 Å². The number of nitrogens with zero attached hydrogens (tertiary/aromatic N) is 2. The Morgan fingerprint density at radius 3 is 2.21 bits per heavy atom. The van der Waals surface area contributed by atoms with Gasteiger partial charge in [-0.05, 0) is 49.9 Å². The number of sulfonamides is 1. The zero-order valence-corrected chi connectivity index (χ0v) is 15.2. The second-order valence-corrected chi connectivity index (χ2v) is 8.79. The highest BCUT2D eigenvalue weighted by Gasteiger charge is 2.41. The minimum absolute atomic E-state index is 0.0352. The van der Waals surface area contributed by atoms with E-state index in [0.29, 0.717) is 18.0 Å². The summed E-state index contributed by atoms with van der Waals surface area (Å²) >= 11 is 5.85. The first-order valence-corrected chi connectivity index (χ1v) is 10.4. The van der Waals surface area contributed by atoms with E-state index in [2.05, 4.69) is 0 Å². The first kappa shape index (κ1) is 17.7. The van der Waals surface area contributed by atoms with Gasteiger partial charge in [-0.2, -0.15) is 4.31 Å². The number of carbonyl (C=O) groups excluding carboxylic acids is 1. The molecule has 0 saturated carbocycles. The first-order chi connectivity index (χ1) is 11.5. The standard InChI is InChI=1S/C17H23ClN2O3S/c18-14-7-9-15(10-8-14)24(22,23)20-13-5-6-16(20)17(21)19-11-3-1-2-4-12-19/h7-10,16H,1-6,11-13H2/t16-/m0/s1. The Balaban J connectivity index is 1.81. The third kappa shape index (κ3) is 3.60. The number of carbonyl (C=O) groups is 1. The van der Waals surface area contributed by atoms with E-state index in [-0.39, 0.29) is 10.8 Å². The minimum atomic E-state index is -3.67. The summed E-state index contributed by atoms with van der Waals surface area (Å²) in [4.78, 5) is 14.9. The molecule has 0 aromatic heterocycles. The quantitative estimate of drug-likeness (QED) is 0.822. The number of amides is 1. The van der Waals surface area contributed by atoms with Gasteiger partial charge in [-0.25, -0.2) is 8.42 Å². The van der Waals surface area contributed by atoms with Crippen molar-refractivity contribution in [3.63, 3.8) is 0 Å². The van der Waals surface area contributed by atoms with E-state index in [4.69, 9.17) is 11.6 Å². The van der Waals surface area contributed by atoms with Crippen molar-refractivity contribution in [2.24, 2.45) is 0 Å². The lowest BCUT2D eigenvalue weighted by Gasteiger charge is -2.29. The van der Waals surface area contributed by atoms with E-state index >= 15 is 0 Å². The molecule has 2 heterocycles. The fraction of sp³-hybridized carbons (Fsp3) is 0.588. The van der Waals surface area contributed by atoms with Gasteiger partial charge in [0.25, 0.3) is 0 Å². The lowest BCUT2D eigenvalue weighted by molar-refractivity contribution is -0.134. The molecule has 2 aliphatic heterocycles. The number of hydrogen-bond acceptors (Lipinski definition) is 3. The van der Waals surface area contributed by atoms with Crippen LogP contribution in [0.2, 0.25) is 5.02 Å². The highest BCUT2D eigenvalue weighted by molar-refractivity contribution is 7.89. The number of benzene rings is 1. The fourth-order valence-corrected chi connectivity index (χ4v) is 5.30. The summed E-state index contributed by atoms with van der Waals surface area (Å²) < 4.78 is 27.2. The molecule has 3 rings (SSSR count). The van der Waals surface area contributed by atoms with Crippen molar-refractivity contribution in [3.05, 3.63) is 29.3 Å². The Kier molecular flexibility index (Phi) is 5.47. The van der Waals surface area contributed by atoms with E-state index in [1.165, 1.54) is 16.4 Å². The van der Waals surface area contributed by atoms with Gasteiger partial charge in [-0.15, -0.1) is 0 Å². The van der Waals surface area contributed by atoms with Crippen molar-refractivity contribution in [3.8, 4) is 0 Å². The highest BCUT2D eigenvalue weighted by atomic mass is 35.5. The molecule has 2 saturated heterocycles. The van der Waals surface area contributed by atoms with E-state index < -0.39 is 16.1 Å². The molecule has 2 aliphatic rings. The molecule has 132 valence electrons. The third-order valence-electron chi connectivity index (χ3n) is 4.83. The molecule has 1 aromatic rings. The predicted molar refractivity (Wildman–Crippen MR) is 93.4 cm³/mol. The molecule has 0 unspecified atom stereocenters. The van der Waals surface area contributed by atoms with Crippen molar-refractivity contribution >= 4 is 27.5 Å². The fourth-order valence-electron chi connectivity index (χ4n) is 3.52.